The zero-order chi connectivity index (χ0) is 13.4. The topological polar surface area (TPSA) is 76.4 Å². The first-order valence-electron chi connectivity index (χ1n) is 5.88. The normalized spacial score (nSPS) is 16.8. The Morgan fingerprint density at radius 2 is 2.21 bits per heavy atom. The molecule has 0 amide bonds. The molecule has 1 atom stereocenters. The van der Waals surface area contributed by atoms with Crippen molar-refractivity contribution in [3.05, 3.63) is 41.6 Å². The summed E-state index contributed by atoms with van der Waals surface area (Å²) in [4.78, 5) is 11.0. The minimum absolute atomic E-state index is 0.0349. The monoisotopic (exact) mass is 259 g/mol. The summed E-state index contributed by atoms with van der Waals surface area (Å²) in [5, 5.41) is 16.3. The van der Waals surface area contributed by atoms with Crippen molar-refractivity contribution in [1.82, 2.24) is 9.78 Å². The molecule has 0 spiro atoms. The van der Waals surface area contributed by atoms with Crippen LogP contribution in [0.3, 0.4) is 0 Å². The summed E-state index contributed by atoms with van der Waals surface area (Å²) in [6.07, 6.45) is 1.37. The Labute approximate surface area is 109 Å². The molecule has 0 bridgehead atoms. The maximum absolute atomic E-state index is 11.0. The van der Waals surface area contributed by atoms with Gasteiger partial charge in [-0.15, -0.1) is 0 Å². The largest absolute Gasteiger partial charge is 0.497 e. The molecule has 2 heterocycles. The van der Waals surface area contributed by atoms with E-state index in [0.29, 0.717) is 12.4 Å². The molecule has 1 aromatic carbocycles. The number of ether oxygens (including phenoxy) is 1. The highest BCUT2D eigenvalue weighted by atomic mass is 16.5. The molecule has 2 N–H and O–H groups in total. The summed E-state index contributed by atoms with van der Waals surface area (Å²) < 4.78 is 6.79. The number of nitrogens with zero attached hydrogens (tertiary/aromatic N) is 2. The lowest BCUT2D eigenvalue weighted by molar-refractivity contribution is 0.0698. The van der Waals surface area contributed by atoms with Gasteiger partial charge in [0.25, 0.3) is 0 Å². The molecule has 0 unspecified atom stereocenters. The van der Waals surface area contributed by atoms with E-state index in [2.05, 4.69) is 10.4 Å². The number of methoxy groups -OCH3 is 1. The van der Waals surface area contributed by atoms with E-state index in [-0.39, 0.29) is 11.6 Å². The van der Waals surface area contributed by atoms with Crippen molar-refractivity contribution in [3.63, 3.8) is 0 Å². The lowest BCUT2D eigenvalue weighted by Gasteiger charge is -2.11. The molecule has 2 aromatic rings. The third kappa shape index (κ3) is 1.91. The van der Waals surface area contributed by atoms with Gasteiger partial charge in [0.15, 0.2) is 0 Å². The third-order valence-electron chi connectivity index (χ3n) is 3.25. The lowest BCUT2D eigenvalue weighted by atomic mass is 10.1. The third-order valence-corrected chi connectivity index (χ3v) is 3.25. The van der Waals surface area contributed by atoms with Gasteiger partial charge >= 0.3 is 5.97 Å². The molecular weight excluding hydrogens is 246 g/mol. The van der Waals surface area contributed by atoms with Gasteiger partial charge in [0.05, 0.1) is 25.9 Å². The highest BCUT2D eigenvalue weighted by Gasteiger charge is 2.27. The van der Waals surface area contributed by atoms with E-state index in [0.717, 1.165) is 11.3 Å². The molecule has 6 nitrogen and oxygen atoms in total. The minimum Gasteiger partial charge on any atom is -0.497 e. The zero-order valence-electron chi connectivity index (χ0n) is 10.3. The first-order valence-corrected chi connectivity index (χ1v) is 5.88. The number of fused-ring (bicyclic) bond motifs is 1. The number of anilines is 1. The molecule has 0 radical (unpaired) electrons. The number of carbonyl (C=O) groups is 1. The van der Waals surface area contributed by atoms with E-state index in [1.54, 1.807) is 11.8 Å². The standard InChI is InChI=1S/C13H13N3O3/c1-19-9-4-2-8(3-5-9)11-7-16-12(15-11)10(6-14-16)13(17)18/h2-6,11,15H,7H2,1H3,(H,17,18)/t11-/m1/s1. The molecule has 0 aliphatic carbocycles. The van der Waals surface area contributed by atoms with Crippen LogP contribution in [0.1, 0.15) is 22.0 Å². The Balaban J connectivity index is 1.84. The fourth-order valence-corrected chi connectivity index (χ4v) is 2.24. The number of hydrogen-bond acceptors (Lipinski definition) is 4. The fourth-order valence-electron chi connectivity index (χ4n) is 2.24. The maximum atomic E-state index is 11.0. The molecule has 0 saturated heterocycles. The van der Waals surface area contributed by atoms with E-state index in [4.69, 9.17) is 9.84 Å². The Morgan fingerprint density at radius 3 is 2.84 bits per heavy atom. The van der Waals surface area contributed by atoms with Gasteiger partial charge in [-0.05, 0) is 17.7 Å². The number of hydrogen-bond donors (Lipinski definition) is 2. The first-order chi connectivity index (χ1) is 9.19. The average Bonchev–Trinajstić information content (AvgIpc) is 2.98. The fraction of sp³-hybridized carbons (Fsp3) is 0.231. The molecule has 6 heteroatoms. The van der Waals surface area contributed by atoms with E-state index < -0.39 is 5.97 Å². The predicted octanol–water partition coefficient (Wildman–Crippen LogP) is 1.76. The van der Waals surface area contributed by atoms with Gasteiger partial charge in [0.1, 0.15) is 17.1 Å². The van der Waals surface area contributed by atoms with E-state index >= 15 is 0 Å². The zero-order valence-corrected chi connectivity index (χ0v) is 10.3. The van der Waals surface area contributed by atoms with Gasteiger partial charge in [-0.25, -0.2) is 9.48 Å². The van der Waals surface area contributed by atoms with E-state index in [1.165, 1.54) is 6.20 Å². The van der Waals surface area contributed by atoms with Crippen molar-refractivity contribution >= 4 is 11.8 Å². The van der Waals surface area contributed by atoms with Crippen molar-refractivity contribution in [1.29, 1.82) is 0 Å². The van der Waals surface area contributed by atoms with Crippen molar-refractivity contribution in [2.24, 2.45) is 0 Å². The summed E-state index contributed by atoms with van der Waals surface area (Å²) in [6, 6.07) is 7.73. The second-order valence-electron chi connectivity index (χ2n) is 4.36. The molecule has 98 valence electrons. The summed E-state index contributed by atoms with van der Waals surface area (Å²) in [7, 11) is 1.62. The van der Waals surface area contributed by atoms with Crippen LogP contribution in [0.25, 0.3) is 0 Å². The first kappa shape index (κ1) is 11.6. The van der Waals surface area contributed by atoms with Crippen molar-refractivity contribution in [3.8, 4) is 5.75 Å². The predicted molar refractivity (Wildman–Crippen MR) is 68.5 cm³/mol. The van der Waals surface area contributed by atoms with Crippen molar-refractivity contribution in [2.45, 2.75) is 12.6 Å². The molecule has 19 heavy (non-hydrogen) atoms. The number of carboxylic acids is 1. The Bertz CT molecular complexity index is 619. The number of rotatable bonds is 3. The van der Waals surface area contributed by atoms with Gasteiger partial charge < -0.3 is 15.2 Å². The van der Waals surface area contributed by atoms with Crippen LogP contribution < -0.4 is 10.1 Å². The summed E-state index contributed by atoms with van der Waals surface area (Å²) in [6.45, 7) is 0.620. The SMILES string of the molecule is COc1ccc([C@H]2Cn3ncc(C(=O)O)c3N2)cc1. The van der Waals surface area contributed by atoms with Crippen LogP contribution >= 0.6 is 0 Å². The Morgan fingerprint density at radius 1 is 1.47 bits per heavy atom. The molecule has 0 saturated carbocycles. The average molecular weight is 259 g/mol. The smallest absolute Gasteiger partial charge is 0.341 e. The summed E-state index contributed by atoms with van der Waals surface area (Å²) >= 11 is 0. The molecule has 1 aromatic heterocycles. The summed E-state index contributed by atoms with van der Waals surface area (Å²) in [5.74, 6) is 0.392. The highest BCUT2D eigenvalue weighted by molar-refractivity contribution is 5.93. The molecule has 3 rings (SSSR count). The van der Waals surface area contributed by atoms with Crippen LogP contribution in [-0.2, 0) is 6.54 Å². The van der Waals surface area contributed by atoms with Crippen LogP contribution in [0.15, 0.2) is 30.5 Å². The van der Waals surface area contributed by atoms with Gasteiger partial charge in [-0.1, -0.05) is 12.1 Å². The van der Waals surface area contributed by atoms with Gasteiger partial charge in [0.2, 0.25) is 0 Å². The quantitative estimate of drug-likeness (QED) is 0.878. The Hall–Kier alpha value is -2.50. The van der Waals surface area contributed by atoms with Crippen molar-refractivity contribution < 1.29 is 14.6 Å². The second kappa shape index (κ2) is 4.31. The molecule has 1 aliphatic heterocycles. The van der Waals surface area contributed by atoms with Crippen LogP contribution in [0.4, 0.5) is 5.82 Å². The van der Waals surface area contributed by atoms with Gasteiger partial charge in [-0.3, -0.25) is 0 Å². The number of aromatic nitrogens is 2. The van der Waals surface area contributed by atoms with Crippen LogP contribution in [0.5, 0.6) is 5.75 Å². The Kier molecular flexibility index (Phi) is 2.63. The molecular formula is C13H13N3O3. The van der Waals surface area contributed by atoms with E-state index in [1.807, 2.05) is 24.3 Å². The second-order valence-corrected chi connectivity index (χ2v) is 4.36. The van der Waals surface area contributed by atoms with Gasteiger partial charge in [-0.2, -0.15) is 5.10 Å². The molecule has 1 aliphatic rings. The van der Waals surface area contributed by atoms with E-state index in [9.17, 15) is 4.79 Å². The lowest BCUT2D eigenvalue weighted by Crippen LogP contribution is -2.08. The number of benzene rings is 1. The highest BCUT2D eigenvalue weighted by Crippen LogP contribution is 2.31. The van der Waals surface area contributed by atoms with Crippen molar-refractivity contribution in [2.75, 3.05) is 12.4 Å². The van der Waals surface area contributed by atoms with Crippen LogP contribution in [-0.4, -0.2) is 28.0 Å². The number of carboxylic acid groups (broad SMARTS) is 1. The maximum Gasteiger partial charge on any atom is 0.341 e. The number of aromatic carboxylic acids is 1. The van der Waals surface area contributed by atoms with Gasteiger partial charge in [0, 0.05) is 0 Å². The summed E-state index contributed by atoms with van der Waals surface area (Å²) in [5.41, 5.74) is 1.28. The van der Waals surface area contributed by atoms with Crippen LogP contribution in [0.2, 0.25) is 0 Å². The minimum atomic E-state index is -0.968. The molecule has 0 fully saturated rings. The number of nitrogens with one attached hydrogen (secondary N) is 1. The van der Waals surface area contributed by atoms with Crippen LogP contribution in [0, 0.1) is 0 Å².